The number of hydrogen-bond donors (Lipinski definition) is 0. The molecule has 0 amide bonds. The number of allylic oxidation sites excluding steroid dienone is 1. The smallest absolute Gasteiger partial charge is 0.00505 e. The minimum atomic E-state index is -0.681. The summed E-state index contributed by atoms with van der Waals surface area (Å²) in [6.45, 7) is 7.91. The van der Waals surface area contributed by atoms with Crippen LogP contribution in [0.4, 0.5) is 0 Å². The van der Waals surface area contributed by atoms with E-state index in [9.17, 15) is 0 Å². The average molecular weight is 130 g/mol. The molecule has 0 saturated heterocycles. The lowest BCUT2D eigenvalue weighted by Gasteiger charge is -2.10. The predicted octanol–water partition coefficient (Wildman–Crippen LogP) is 2.56. The highest BCUT2D eigenvalue weighted by Gasteiger charge is 1.92. The van der Waals surface area contributed by atoms with E-state index in [1.165, 1.54) is 4.91 Å². The molecule has 0 bridgehead atoms. The Bertz CT molecular complexity index is 189. The van der Waals surface area contributed by atoms with Crippen LogP contribution in [0, 0.1) is 5.18 Å². The second-order valence-corrected chi connectivity index (χ2v) is 5.99. The quantitative estimate of drug-likeness (QED) is 0.473. The van der Waals surface area contributed by atoms with Gasteiger partial charge in [-0.05, 0) is 31.3 Å². The Labute approximate surface area is 53.1 Å². The Hall–Kier alpha value is -0.130. The summed E-state index contributed by atoms with van der Waals surface area (Å²) in [6.07, 6.45) is 4.38. The van der Waals surface area contributed by atoms with Crippen molar-refractivity contribution >= 4 is 9.44 Å². The lowest BCUT2D eigenvalue weighted by atomic mass is 10.8. The maximum atomic E-state index is 3.87. The molecule has 0 aliphatic carbocycles. The van der Waals surface area contributed by atoms with E-state index in [-0.39, 0.29) is 0 Å². The molecule has 0 fully saturated rings. The van der Waals surface area contributed by atoms with Gasteiger partial charge in [-0.3, -0.25) is 0 Å². The molecule has 0 atom stereocenters. The summed E-state index contributed by atoms with van der Waals surface area (Å²) in [7, 11) is -0.681. The van der Waals surface area contributed by atoms with E-state index in [2.05, 4.69) is 31.2 Å². The van der Waals surface area contributed by atoms with E-state index in [1.807, 2.05) is 6.92 Å². The van der Waals surface area contributed by atoms with Gasteiger partial charge in [-0.15, -0.1) is 5.18 Å². The largest absolute Gasteiger partial charge is 0.172 e. The molecule has 0 N–H and O–H groups in total. The highest BCUT2D eigenvalue weighted by Crippen LogP contribution is 2.31. The van der Waals surface area contributed by atoms with Gasteiger partial charge in [0.05, 0.1) is 0 Å². The summed E-state index contributed by atoms with van der Waals surface area (Å²) in [4.78, 5) is 1.25. The third-order valence-corrected chi connectivity index (χ3v) is 4.14. The van der Waals surface area contributed by atoms with E-state index >= 15 is 0 Å². The molecule has 0 aromatic carbocycles. The summed E-state index contributed by atoms with van der Waals surface area (Å²) in [5, 5.41) is 3.22. The summed E-state index contributed by atoms with van der Waals surface area (Å²) < 4.78 is 0. The van der Waals surface area contributed by atoms with Crippen LogP contribution in [0.3, 0.4) is 0 Å². The lowest BCUT2D eigenvalue weighted by molar-refractivity contribution is 1.71. The second kappa shape index (κ2) is 2.43. The third kappa shape index (κ3) is 1.77. The van der Waals surface area contributed by atoms with Gasteiger partial charge in [-0.25, -0.2) is 0 Å². The molecular formula is C7H14S. The molecule has 0 aromatic rings. The molecule has 48 valence electrons. The van der Waals surface area contributed by atoms with Crippen LogP contribution in [0.2, 0.25) is 0 Å². The van der Waals surface area contributed by atoms with Crippen LogP contribution < -0.4 is 0 Å². The van der Waals surface area contributed by atoms with Gasteiger partial charge < -0.3 is 0 Å². The fourth-order valence-corrected chi connectivity index (χ4v) is 0.523. The van der Waals surface area contributed by atoms with Crippen molar-refractivity contribution in [2.75, 3.05) is 12.5 Å². The Morgan fingerprint density at radius 1 is 1.50 bits per heavy atom. The maximum Gasteiger partial charge on any atom is -0.00505 e. The van der Waals surface area contributed by atoms with E-state index in [1.54, 1.807) is 0 Å². The van der Waals surface area contributed by atoms with Gasteiger partial charge in [0.2, 0.25) is 0 Å². The van der Waals surface area contributed by atoms with Crippen LogP contribution in [-0.4, -0.2) is 12.5 Å². The van der Waals surface area contributed by atoms with Crippen molar-refractivity contribution in [2.24, 2.45) is 0 Å². The zero-order valence-corrected chi connectivity index (χ0v) is 6.93. The first-order valence-corrected chi connectivity index (χ1v) is 5.03. The molecule has 0 heterocycles. The zero-order chi connectivity index (χ0) is 6.78. The molecule has 0 aromatic heterocycles. The molecule has 0 spiro atoms. The minimum Gasteiger partial charge on any atom is -0.172 e. The monoisotopic (exact) mass is 130 g/mol. The van der Waals surface area contributed by atoms with Crippen molar-refractivity contribution in [1.29, 1.82) is 0 Å². The fourth-order valence-electron chi connectivity index (χ4n) is 0.174. The summed E-state index contributed by atoms with van der Waals surface area (Å²) in [5.41, 5.74) is 0. The second-order valence-electron chi connectivity index (χ2n) is 2.23. The molecule has 0 aliphatic rings. The topological polar surface area (TPSA) is 0 Å². The van der Waals surface area contributed by atoms with Crippen LogP contribution in [0.5, 0.6) is 0 Å². The van der Waals surface area contributed by atoms with Crippen molar-refractivity contribution in [1.82, 2.24) is 0 Å². The molecule has 8 heavy (non-hydrogen) atoms. The van der Waals surface area contributed by atoms with Gasteiger partial charge in [-0.2, -0.15) is 9.44 Å². The first-order chi connectivity index (χ1) is 3.50. The van der Waals surface area contributed by atoms with Crippen LogP contribution in [0.1, 0.15) is 13.8 Å². The molecule has 0 aliphatic heterocycles. The van der Waals surface area contributed by atoms with Gasteiger partial charge >= 0.3 is 0 Å². The van der Waals surface area contributed by atoms with Crippen LogP contribution in [0.15, 0.2) is 11.5 Å². The fraction of sp³-hybridized carbons (Fsp3) is 0.571. The molecule has 1 heteroatoms. The average Bonchev–Trinajstić information content (AvgIpc) is 1.67. The highest BCUT2D eigenvalue weighted by molar-refractivity contribution is 8.26. The Morgan fingerprint density at radius 3 is 1.88 bits per heavy atom. The molecule has 0 rings (SSSR count). The summed E-state index contributed by atoms with van der Waals surface area (Å²) in [6, 6.07) is 0. The Morgan fingerprint density at radius 2 is 1.88 bits per heavy atom. The van der Waals surface area contributed by atoms with E-state index < -0.39 is 9.44 Å². The zero-order valence-electron chi connectivity index (χ0n) is 6.12. The van der Waals surface area contributed by atoms with Crippen molar-refractivity contribution in [2.45, 2.75) is 13.8 Å². The predicted molar refractivity (Wildman–Crippen MR) is 43.8 cm³/mol. The lowest BCUT2D eigenvalue weighted by Crippen LogP contribution is -1.77. The van der Waals surface area contributed by atoms with E-state index in [0.717, 1.165) is 0 Å². The molecule has 0 nitrogen and oxygen atoms in total. The van der Waals surface area contributed by atoms with Gasteiger partial charge in [0.1, 0.15) is 0 Å². The van der Waals surface area contributed by atoms with Gasteiger partial charge in [-0.1, -0.05) is 6.58 Å². The summed E-state index contributed by atoms with van der Waals surface area (Å²) >= 11 is 0. The first-order valence-electron chi connectivity index (χ1n) is 2.58. The van der Waals surface area contributed by atoms with Crippen LogP contribution in [0.25, 0.3) is 0 Å². The molecule has 0 unspecified atom stereocenters. The molecular weight excluding hydrogens is 116 g/mol. The van der Waals surface area contributed by atoms with Crippen LogP contribution in [-0.2, 0) is 0 Å². The van der Waals surface area contributed by atoms with E-state index in [4.69, 9.17) is 0 Å². The van der Waals surface area contributed by atoms with Crippen LogP contribution >= 0.6 is 9.44 Å². The van der Waals surface area contributed by atoms with E-state index in [0.29, 0.717) is 0 Å². The molecule has 0 radical (unpaired) electrons. The standard InChI is InChI=1S/C7H14S/c1-6-8(4,5)7(2)3/h2H2,1,3-5H3. The highest BCUT2D eigenvalue weighted by atomic mass is 32.2. The maximum absolute atomic E-state index is 3.87. The van der Waals surface area contributed by atoms with Crippen molar-refractivity contribution in [3.63, 3.8) is 0 Å². The Kier molecular flexibility index (Phi) is 2.39. The van der Waals surface area contributed by atoms with Gasteiger partial charge in [0, 0.05) is 0 Å². The number of rotatable bonds is 0. The number of hydrogen-bond acceptors (Lipinski definition) is 0. The van der Waals surface area contributed by atoms with Gasteiger partial charge in [0.25, 0.3) is 0 Å². The van der Waals surface area contributed by atoms with Gasteiger partial charge in [0.15, 0.2) is 0 Å². The normalized spacial score (nSPS) is 10.5. The van der Waals surface area contributed by atoms with Crippen molar-refractivity contribution in [3.8, 4) is 5.18 Å². The third-order valence-electron chi connectivity index (χ3n) is 1.38. The SMILES string of the molecule is C=C(C)S(C)(C)#CC. The van der Waals surface area contributed by atoms with Crippen molar-refractivity contribution < 1.29 is 0 Å². The first kappa shape index (κ1) is 7.87. The van der Waals surface area contributed by atoms with Crippen molar-refractivity contribution in [3.05, 3.63) is 11.5 Å². The minimum absolute atomic E-state index is 0.681. The summed E-state index contributed by atoms with van der Waals surface area (Å²) in [5.74, 6) is 0. The molecule has 0 saturated carbocycles. The Balaban J connectivity index is 4.59.